The van der Waals surface area contributed by atoms with E-state index < -0.39 is 12.1 Å². The van der Waals surface area contributed by atoms with Crippen molar-refractivity contribution in [1.29, 1.82) is 0 Å². The normalized spacial score (nSPS) is 19.6. The molecule has 140 valence electrons. The molecule has 0 radical (unpaired) electrons. The van der Waals surface area contributed by atoms with Gasteiger partial charge in [-0.05, 0) is 51.8 Å². The van der Waals surface area contributed by atoms with E-state index in [1.54, 1.807) is 13.0 Å². The molecule has 0 saturated heterocycles. The van der Waals surface area contributed by atoms with Gasteiger partial charge >= 0.3 is 5.97 Å². The molecule has 0 unspecified atom stereocenters. The fourth-order valence-corrected chi connectivity index (χ4v) is 2.84. The van der Waals surface area contributed by atoms with Gasteiger partial charge in [0.05, 0.1) is 6.61 Å². The molecular formula is C20H25NO5. The number of amides is 1. The topological polar surface area (TPSA) is 73.9 Å². The van der Waals surface area contributed by atoms with Gasteiger partial charge < -0.3 is 19.5 Å². The zero-order chi connectivity index (χ0) is 18.7. The second kappa shape index (κ2) is 7.81. The molecule has 26 heavy (non-hydrogen) atoms. The Morgan fingerprint density at radius 1 is 1.38 bits per heavy atom. The highest BCUT2D eigenvalue weighted by atomic mass is 16.5. The van der Waals surface area contributed by atoms with E-state index in [1.165, 1.54) is 6.08 Å². The van der Waals surface area contributed by atoms with Gasteiger partial charge in [-0.2, -0.15) is 0 Å². The van der Waals surface area contributed by atoms with Crippen LogP contribution in [0.3, 0.4) is 0 Å². The van der Waals surface area contributed by atoms with Crippen molar-refractivity contribution in [3.63, 3.8) is 0 Å². The highest BCUT2D eigenvalue weighted by Gasteiger charge is 2.27. The zero-order valence-corrected chi connectivity index (χ0v) is 15.4. The molecule has 0 spiro atoms. The maximum atomic E-state index is 12.0. The Morgan fingerprint density at radius 2 is 2.15 bits per heavy atom. The summed E-state index contributed by atoms with van der Waals surface area (Å²) in [6, 6.07) is 4.07. The summed E-state index contributed by atoms with van der Waals surface area (Å²) < 4.78 is 16.6. The molecule has 6 heteroatoms. The van der Waals surface area contributed by atoms with E-state index in [9.17, 15) is 9.59 Å². The van der Waals surface area contributed by atoms with E-state index in [0.29, 0.717) is 12.4 Å². The van der Waals surface area contributed by atoms with Gasteiger partial charge in [-0.25, -0.2) is 4.79 Å². The van der Waals surface area contributed by atoms with E-state index >= 15 is 0 Å². The molecule has 0 aromatic heterocycles. The van der Waals surface area contributed by atoms with Crippen LogP contribution in [0.4, 0.5) is 0 Å². The van der Waals surface area contributed by atoms with Gasteiger partial charge in [0.1, 0.15) is 17.6 Å². The zero-order valence-electron chi connectivity index (χ0n) is 15.4. The lowest BCUT2D eigenvalue weighted by atomic mass is 10.1. The van der Waals surface area contributed by atoms with Gasteiger partial charge in [-0.1, -0.05) is 0 Å². The SMILES string of the molecule is CCOc1cc2c(cc1/C=C/C(=O)O[C@@H](C)C(=O)NC1CC1)O[C@@H](C)C2. The van der Waals surface area contributed by atoms with Gasteiger partial charge in [0, 0.05) is 29.7 Å². The minimum absolute atomic E-state index is 0.134. The molecule has 1 heterocycles. The van der Waals surface area contributed by atoms with Crippen molar-refractivity contribution in [2.45, 2.75) is 58.3 Å². The molecule has 3 rings (SSSR count). The lowest BCUT2D eigenvalue weighted by Gasteiger charge is -2.12. The fourth-order valence-electron chi connectivity index (χ4n) is 2.84. The third-order valence-corrected chi connectivity index (χ3v) is 4.31. The van der Waals surface area contributed by atoms with Gasteiger partial charge in [-0.3, -0.25) is 4.79 Å². The van der Waals surface area contributed by atoms with Crippen LogP contribution in [0.1, 0.15) is 44.7 Å². The average Bonchev–Trinajstić information content (AvgIpc) is 3.32. The molecule has 1 amide bonds. The summed E-state index contributed by atoms with van der Waals surface area (Å²) in [5, 5.41) is 2.81. The molecule has 1 aliphatic heterocycles. The molecule has 6 nitrogen and oxygen atoms in total. The van der Waals surface area contributed by atoms with Gasteiger partial charge in [0.2, 0.25) is 0 Å². The number of carbonyl (C=O) groups is 2. The highest BCUT2D eigenvalue weighted by Crippen LogP contribution is 2.35. The first-order chi connectivity index (χ1) is 12.5. The minimum Gasteiger partial charge on any atom is -0.493 e. The Kier molecular flexibility index (Phi) is 5.49. The highest BCUT2D eigenvalue weighted by molar-refractivity contribution is 5.91. The lowest BCUT2D eigenvalue weighted by molar-refractivity contribution is -0.150. The second-order valence-corrected chi connectivity index (χ2v) is 6.76. The number of fused-ring (bicyclic) bond motifs is 1. The first kappa shape index (κ1) is 18.3. The lowest BCUT2D eigenvalue weighted by Crippen LogP contribution is -2.36. The van der Waals surface area contributed by atoms with Crippen molar-refractivity contribution < 1.29 is 23.8 Å². The number of hydrogen-bond acceptors (Lipinski definition) is 5. The monoisotopic (exact) mass is 359 g/mol. The Hall–Kier alpha value is -2.50. The smallest absolute Gasteiger partial charge is 0.331 e. The van der Waals surface area contributed by atoms with Crippen molar-refractivity contribution >= 4 is 18.0 Å². The molecular weight excluding hydrogens is 334 g/mol. The summed E-state index contributed by atoms with van der Waals surface area (Å²) >= 11 is 0. The largest absolute Gasteiger partial charge is 0.493 e. The van der Waals surface area contributed by atoms with E-state index in [4.69, 9.17) is 14.2 Å². The van der Waals surface area contributed by atoms with E-state index in [1.807, 2.05) is 26.0 Å². The van der Waals surface area contributed by atoms with Crippen molar-refractivity contribution in [3.8, 4) is 11.5 Å². The minimum atomic E-state index is -0.816. The van der Waals surface area contributed by atoms with Gasteiger partial charge in [-0.15, -0.1) is 0 Å². The summed E-state index contributed by atoms with van der Waals surface area (Å²) in [6.45, 7) is 6.02. The summed E-state index contributed by atoms with van der Waals surface area (Å²) in [5.74, 6) is 0.684. The summed E-state index contributed by atoms with van der Waals surface area (Å²) in [4.78, 5) is 23.9. The van der Waals surface area contributed by atoms with Crippen molar-refractivity contribution in [2.24, 2.45) is 0 Å². The number of rotatable bonds is 7. The molecule has 0 bridgehead atoms. The molecule has 2 atom stereocenters. The second-order valence-electron chi connectivity index (χ2n) is 6.76. The molecule has 2 aliphatic rings. The summed E-state index contributed by atoms with van der Waals surface area (Å²) in [5.41, 5.74) is 1.85. The number of nitrogens with one attached hydrogen (secondary N) is 1. The fraction of sp³-hybridized carbons (Fsp3) is 0.500. The first-order valence-corrected chi connectivity index (χ1v) is 9.11. The van der Waals surface area contributed by atoms with Crippen molar-refractivity contribution in [1.82, 2.24) is 5.32 Å². The Balaban J connectivity index is 1.65. The molecule has 1 aromatic rings. The van der Waals surface area contributed by atoms with E-state index in [2.05, 4.69) is 5.32 Å². The standard InChI is InChI=1S/C20H25NO5/c1-4-24-17-11-15-9-12(2)25-18(15)10-14(17)5-8-19(22)26-13(3)20(23)21-16-6-7-16/h5,8,10-13,16H,4,6-7,9H2,1-3H3,(H,21,23)/b8-5+/t12-,13-/m0/s1. The number of benzene rings is 1. The molecule has 1 saturated carbocycles. The van der Waals surface area contributed by atoms with Crippen LogP contribution in [-0.2, 0) is 20.7 Å². The Morgan fingerprint density at radius 3 is 2.85 bits per heavy atom. The third kappa shape index (κ3) is 4.56. The van der Waals surface area contributed by atoms with Crippen LogP contribution in [0.15, 0.2) is 18.2 Å². The summed E-state index contributed by atoms with van der Waals surface area (Å²) in [6.07, 6.45) is 5.08. The van der Waals surface area contributed by atoms with Crippen molar-refractivity contribution in [2.75, 3.05) is 6.61 Å². The number of hydrogen-bond donors (Lipinski definition) is 1. The first-order valence-electron chi connectivity index (χ1n) is 9.11. The number of carbonyl (C=O) groups excluding carboxylic acids is 2. The predicted octanol–water partition coefficient (Wildman–Crippen LogP) is 2.63. The number of esters is 1. The van der Waals surface area contributed by atoms with Crippen LogP contribution in [0.2, 0.25) is 0 Å². The van der Waals surface area contributed by atoms with Crippen LogP contribution in [0.25, 0.3) is 6.08 Å². The number of ether oxygens (including phenoxy) is 3. The average molecular weight is 359 g/mol. The quantitative estimate of drug-likeness (QED) is 0.598. The van der Waals surface area contributed by atoms with Gasteiger partial charge in [0.15, 0.2) is 6.10 Å². The predicted molar refractivity (Wildman–Crippen MR) is 97.2 cm³/mol. The van der Waals surface area contributed by atoms with Gasteiger partial charge in [0.25, 0.3) is 5.91 Å². The Labute approximate surface area is 153 Å². The van der Waals surface area contributed by atoms with Crippen LogP contribution in [0, 0.1) is 0 Å². The van der Waals surface area contributed by atoms with E-state index in [-0.39, 0.29) is 18.1 Å². The van der Waals surface area contributed by atoms with Crippen LogP contribution in [-0.4, -0.2) is 36.7 Å². The van der Waals surface area contributed by atoms with Crippen LogP contribution >= 0.6 is 0 Å². The van der Waals surface area contributed by atoms with E-state index in [0.717, 1.165) is 36.1 Å². The molecule has 1 fully saturated rings. The third-order valence-electron chi connectivity index (χ3n) is 4.31. The van der Waals surface area contributed by atoms with Crippen LogP contribution in [0.5, 0.6) is 11.5 Å². The van der Waals surface area contributed by atoms with Crippen LogP contribution < -0.4 is 14.8 Å². The maximum Gasteiger partial charge on any atom is 0.331 e. The van der Waals surface area contributed by atoms with Crippen molar-refractivity contribution in [3.05, 3.63) is 29.3 Å². The molecule has 1 N–H and O–H groups in total. The molecule has 1 aromatic carbocycles. The molecule has 1 aliphatic carbocycles. The summed E-state index contributed by atoms with van der Waals surface area (Å²) in [7, 11) is 0. The Bertz CT molecular complexity index is 723. The maximum absolute atomic E-state index is 12.0.